The number of hydrogen-bond acceptors (Lipinski definition) is 4. The molecule has 0 unspecified atom stereocenters. The van der Waals surface area contributed by atoms with Gasteiger partial charge in [0.25, 0.3) is 0 Å². The van der Waals surface area contributed by atoms with Crippen molar-refractivity contribution < 1.29 is 18.3 Å². The zero-order chi connectivity index (χ0) is 15.8. The molecular weight excluding hydrogens is 337 g/mol. The summed E-state index contributed by atoms with van der Waals surface area (Å²) in [5.74, 6) is 0. The lowest BCUT2D eigenvalue weighted by atomic mass is 10.2. The highest BCUT2D eigenvalue weighted by atomic mass is 35.5. The first-order valence-electron chi connectivity index (χ1n) is 6.50. The molecule has 0 amide bonds. The zero-order valence-corrected chi connectivity index (χ0v) is 14.0. The molecule has 2 rings (SSSR count). The van der Waals surface area contributed by atoms with Gasteiger partial charge >= 0.3 is 0 Å². The minimum absolute atomic E-state index is 0.0307. The van der Waals surface area contributed by atoms with E-state index in [1.54, 1.807) is 0 Å². The summed E-state index contributed by atoms with van der Waals surface area (Å²) in [5, 5.41) is 9.50. The first-order valence-corrected chi connectivity index (χ1v) is 8.70. The van der Waals surface area contributed by atoms with Crippen molar-refractivity contribution in [3.63, 3.8) is 0 Å². The summed E-state index contributed by atoms with van der Waals surface area (Å²) < 4.78 is 32.4. The Morgan fingerprint density at radius 1 is 1.29 bits per heavy atom. The molecule has 0 aliphatic carbocycles. The van der Waals surface area contributed by atoms with Crippen LogP contribution in [-0.4, -0.2) is 43.1 Å². The summed E-state index contributed by atoms with van der Waals surface area (Å²) >= 11 is 12.0. The number of halogens is 2. The van der Waals surface area contributed by atoms with Gasteiger partial charge in [-0.25, -0.2) is 8.42 Å². The fourth-order valence-corrected chi connectivity index (χ4v) is 4.85. The van der Waals surface area contributed by atoms with Crippen LogP contribution >= 0.6 is 23.2 Å². The number of aliphatic hydroxyl groups excluding tert-OH is 1. The molecule has 1 fully saturated rings. The molecule has 1 aliphatic heterocycles. The lowest BCUT2D eigenvalue weighted by molar-refractivity contribution is -0.0440. The Morgan fingerprint density at radius 3 is 2.38 bits per heavy atom. The summed E-state index contributed by atoms with van der Waals surface area (Å²) in [7, 11) is -3.76. The predicted octanol–water partition coefficient (Wildman–Crippen LogP) is 2.28. The topological polar surface area (TPSA) is 66.8 Å². The molecule has 0 saturated carbocycles. The number of morpholine rings is 1. The average Bonchev–Trinajstić information content (AvgIpc) is 2.37. The van der Waals surface area contributed by atoms with Gasteiger partial charge in [0, 0.05) is 23.7 Å². The Bertz CT molecular complexity index is 625. The van der Waals surface area contributed by atoms with Crippen molar-refractivity contribution in [3.05, 3.63) is 27.7 Å². The van der Waals surface area contributed by atoms with Gasteiger partial charge in [-0.05, 0) is 26.0 Å². The zero-order valence-electron chi connectivity index (χ0n) is 11.7. The van der Waals surface area contributed by atoms with Crippen LogP contribution in [0.25, 0.3) is 0 Å². The molecule has 1 N–H and O–H groups in total. The van der Waals surface area contributed by atoms with Crippen LogP contribution < -0.4 is 0 Å². The third kappa shape index (κ3) is 3.36. The molecule has 0 radical (unpaired) electrons. The number of rotatable bonds is 3. The normalized spacial score (nSPS) is 24.2. The van der Waals surface area contributed by atoms with Gasteiger partial charge in [-0.3, -0.25) is 0 Å². The minimum Gasteiger partial charge on any atom is -0.392 e. The molecule has 2 atom stereocenters. The molecule has 1 aromatic rings. The largest absolute Gasteiger partial charge is 0.392 e. The van der Waals surface area contributed by atoms with Gasteiger partial charge in [0.15, 0.2) is 0 Å². The Morgan fingerprint density at radius 2 is 1.86 bits per heavy atom. The smallest absolute Gasteiger partial charge is 0.244 e. The summed E-state index contributed by atoms with van der Waals surface area (Å²) in [6.07, 6.45) is -0.376. The van der Waals surface area contributed by atoms with Gasteiger partial charge in [-0.1, -0.05) is 23.2 Å². The number of sulfonamides is 1. The molecule has 118 valence electrons. The Hall–Kier alpha value is -0.370. The molecule has 5 nitrogen and oxygen atoms in total. The van der Waals surface area contributed by atoms with E-state index in [0.717, 1.165) is 0 Å². The monoisotopic (exact) mass is 353 g/mol. The van der Waals surface area contributed by atoms with E-state index >= 15 is 0 Å². The predicted molar refractivity (Wildman–Crippen MR) is 81.2 cm³/mol. The SMILES string of the molecule is C[C@@H]1CN(S(=O)(=O)c2ccc(Cl)c(CO)c2Cl)C[C@H](C)O1. The van der Waals surface area contributed by atoms with E-state index in [1.165, 1.54) is 16.4 Å². The molecule has 1 saturated heterocycles. The highest BCUT2D eigenvalue weighted by molar-refractivity contribution is 7.89. The number of hydrogen-bond donors (Lipinski definition) is 1. The number of aliphatic hydroxyl groups is 1. The van der Waals surface area contributed by atoms with Crippen LogP contribution in [0.5, 0.6) is 0 Å². The number of nitrogens with zero attached hydrogens (tertiary/aromatic N) is 1. The molecule has 0 bridgehead atoms. The lowest BCUT2D eigenvalue weighted by Crippen LogP contribution is -2.48. The standard InChI is InChI=1S/C13H17Cl2NO4S/c1-8-5-16(6-9(2)20-8)21(18,19)12-4-3-11(14)10(7-17)13(12)15/h3-4,8-9,17H,5-7H2,1-2H3/t8-,9+. The third-order valence-corrected chi connectivity index (χ3v) is 6.08. The Balaban J connectivity index is 2.45. The average molecular weight is 354 g/mol. The van der Waals surface area contributed by atoms with Crippen molar-refractivity contribution in [3.8, 4) is 0 Å². The second-order valence-corrected chi connectivity index (χ2v) is 7.77. The van der Waals surface area contributed by atoms with E-state index in [0.29, 0.717) is 0 Å². The summed E-state index contributed by atoms with van der Waals surface area (Å²) in [5.41, 5.74) is 0.216. The Kier molecular flexibility index (Phi) is 5.18. The molecule has 1 aromatic carbocycles. The molecule has 0 spiro atoms. The van der Waals surface area contributed by atoms with Crippen LogP contribution in [0, 0.1) is 0 Å². The molecular formula is C13H17Cl2NO4S. The Labute approximate surface area is 134 Å². The van der Waals surface area contributed by atoms with Crippen molar-refractivity contribution in [2.45, 2.75) is 37.6 Å². The van der Waals surface area contributed by atoms with E-state index in [4.69, 9.17) is 27.9 Å². The van der Waals surface area contributed by atoms with Gasteiger partial charge in [0.2, 0.25) is 10.0 Å². The third-order valence-electron chi connectivity index (χ3n) is 3.31. The summed E-state index contributed by atoms with van der Waals surface area (Å²) in [6, 6.07) is 2.79. The maximum atomic E-state index is 12.7. The van der Waals surface area contributed by atoms with Crippen molar-refractivity contribution in [1.29, 1.82) is 0 Å². The fraction of sp³-hybridized carbons (Fsp3) is 0.538. The van der Waals surface area contributed by atoms with E-state index in [1.807, 2.05) is 13.8 Å². The van der Waals surface area contributed by atoms with Gasteiger partial charge in [-0.15, -0.1) is 0 Å². The van der Waals surface area contributed by atoms with Crippen LogP contribution in [0.3, 0.4) is 0 Å². The molecule has 1 heterocycles. The van der Waals surface area contributed by atoms with Gasteiger partial charge in [-0.2, -0.15) is 4.31 Å². The van der Waals surface area contributed by atoms with Crippen molar-refractivity contribution >= 4 is 33.2 Å². The van der Waals surface area contributed by atoms with Crippen molar-refractivity contribution in [2.24, 2.45) is 0 Å². The van der Waals surface area contributed by atoms with Crippen LogP contribution in [-0.2, 0) is 21.4 Å². The summed E-state index contributed by atoms with van der Waals surface area (Å²) in [4.78, 5) is -0.0427. The maximum absolute atomic E-state index is 12.7. The second-order valence-electron chi connectivity index (χ2n) is 5.08. The summed E-state index contributed by atoms with van der Waals surface area (Å²) in [6.45, 7) is 3.75. The highest BCUT2D eigenvalue weighted by Crippen LogP contribution is 2.33. The van der Waals surface area contributed by atoms with Gasteiger partial charge < -0.3 is 9.84 Å². The molecule has 21 heavy (non-hydrogen) atoms. The second kappa shape index (κ2) is 6.40. The van der Waals surface area contributed by atoms with Crippen LogP contribution in [0.2, 0.25) is 10.0 Å². The fourth-order valence-electron chi connectivity index (χ4n) is 2.39. The molecule has 1 aliphatic rings. The van der Waals surface area contributed by atoms with E-state index < -0.39 is 16.6 Å². The highest BCUT2D eigenvalue weighted by Gasteiger charge is 2.34. The number of benzene rings is 1. The first-order chi connectivity index (χ1) is 9.77. The van der Waals surface area contributed by atoms with Crippen molar-refractivity contribution in [2.75, 3.05) is 13.1 Å². The maximum Gasteiger partial charge on any atom is 0.244 e. The van der Waals surface area contributed by atoms with E-state index in [2.05, 4.69) is 0 Å². The minimum atomic E-state index is -3.76. The number of ether oxygens (including phenoxy) is 1. The van der Waals surface area contributed by atoms with Crippen molar-refractivity contribution in [1.82, 2.24) is 4.31 Å². The van der Waals surface area contributed by atoms with Gasteiger partial charge in [0.1, 0.15) is 4.90 Å². The lowest BCUT2D eigenvalue weighted by Gasteiger charge is -2.34. The van der Waals surface area contributed by atoms with E-state index in [9.17, 15) is 13.5 Å². The van der Waals surface area contributed by atoms with Crippen LogP contribution in [0.4, 0.5) is 0 Å². The van der Waals surface area contributed by atoms with Crippen LogP contribution in [0.15, 0.2) is 17.0 Å². The first kappa shape index (κ1) is 17.0. The van der Waals surface area contributed by atoms with Gasteiger partial charge in [0.05, 0.1) is 23.8 Å². The quantitative estimate of drug-likeness (QED) is 0.905. The molecule has 8 heteroatoms. The van der Waals surface area contributed by atoms with Crippen LogP contribution in [0.1, 0.15) is 19.4 Å². The molecule has 0 aromatic heterocycles. The van der Waals surface area contributed by atoms with E-state index in [-0.39, 0.29) is 45.8 Å².